The van der Waals surface area contributed by atoms with Crippen LogP contribution in [0.3, 0.4) is 0 Å². The molecule has 5 heteroatoms. The molecular formula is C20H25ClN2O2. The highest BCUT2D eigenvalue weighted by Crippen LogP contribution is 2.28. The Morgan fingerprint density at radius 1 is 0.960 bits per heavy atom. The Labute approximate surface area is 155 Å². The van der Waals surface area contributed by atoms with Crippen LogP contribution in [-0.4, -0.2) is 11.4 Å². The average molecular weight is 361 g/mol. The molecule has 0 heterocycles. The van der Waals surface area contributed by atoms with Gasteiger partial charge in [0, 0.05) is 5.69 Å². The molecule has 25 heavy (non-hydrogen) atoms. The first kappa shape index (κ1) is 19.4. The van der Waals surface area contributed by atoms with Gasteiger partial charge >= 0.3 is 0 Å². The first-order chi connectivity index (χ1) is 11.7. The van der Waals surface area contributed by atoms with Crippen molar-refractivity contribution in [3.8, 4) is 0 Å². The first-order valence-corrected chi connectivity index (χ1v) is 8.47. The van der Waals surface area contributed by atoms with Crippen molar-refractivity contribution in [2.45, 2.75) is 44.4 Å². The van der Waals surface area contributed by atoms with Crippen LogP contribution in [0.4, 0.5) is 5.69 Å². The van der Waals surface area contributed by atoms with Crippen LogP contribution in [-0.2, 0) is 22.7 Å². The minimum absolute atomic E-state index is 0. The fourth-order valence-corrected chi connectivity index (χ4v) is 3.03. The van der Waals surface area contributed by atoms with E-state index in [2.05, 4.69) is 5.32 Å². The number of nitrogens with two attached hydrogens (primary N) is 1. The molecule has 0 spiro atoms. The highest BCUT2D eigenvalue weighted by molar-refractivity contribution is 5.98. The molecule has 1 aliphatic carbocycles. The van der Waals surface area contributed by atoms with Gasteiger partial charge in [-0.15, -0.1) is 12.4 Å². The molecule has 0 atom stereocenters. The average Bonchev–Trinajstić information content (AvgIpc) is 3.05. The highest BCUT2D eigenvalue weighted by atomic mass is 35.5. The van der Waals surface area contributed by atoms with E-state index in [1.54, 1.807) is 0 Å². The third-order valence-electron chi connectivity index (χ3n) is 4.54. The Kier molecular flexibility index (Phi) is 7.00. The van der Waals surface area contributed by atoms with Crippen molar-refractivity contribution in [3.63, 3.8) is 0 Å². The zero-order valence-electron chi connectivity index (χ0n) is 14.2. The summed E-state index contributed by atoms with van der Waals surface area (Å²) >= 11 is 0. The zero-order valence-corrected chi connectivity index (χ0v) is 15.1. The standard InChI is InChI=1S/C20H24N2O2.ClH/c21-20(12-4-5-13-20)19(23)22-18-10-8-17(9-11-18)15-24-14-16-6-2-1-3-7-16;/h1-3,6-11H,4-5,12-15,21H2,(H,22,23);1H. The van der Waals surface area contributed by atoms with E-state index in [9.17, 15) is 4.79 Å². The Hall–Kier alpha value is -1.88. The van der Waals surface area contributed by atoms with E-state index in [1.165, 1.54) is 0 Å². The predicted molar refractivity (Wildman–Crippen MR) is 103 cm³/mol. The van der Waals surface area contributed by atoms with E-state index in [-0.39, 0.29) is 18.3 Å². The number of amides is 1. The fraction of sp³-hybridized carbons (Fsp3) is 0.350. The van der Waals surface area contributed by atoms with Crippen molar-refractivity contribution >= 4 is 24.0 Å². The van der Waals surface area contributed by atoms with Gasteiger partial charge < -0.3 is 15.8 Å². The molecule has 1 saturated carbocycles. The second kappa shape index (κ2) is 8.99. The van der Waals surface area contributed by atoms with Gasteiger partial charge in [0.05, 0.1) is 18.8 Å². The minimum atomic E-state index is -0.697. The van der Waals surface area contributed by atoms with Crippen molar-refractivity contribution in [1.82, 2.24) is 0 Å². The molecule has 134 valence electrons. The van der Waals surface area contributed by atoms with Crippen LogP contribution in [0.2, 0.25) is 0 Å². The van der Waals surface area contributed by atoms with Crippen molar-refractivity contribution in [2.75, 3.05) is 5.32 Å². The minimum Gasteiger partial charge on any atom is -0.372 e. The number of hydrogen-bond donors (Lipinski definition) is 2. The van der Waals surface area contributed by atoms with Crippen molar-refractivity contribution in [3.05, 3.63) is 65.7 Å². The SMILES string of the molecule is Cl.NC1(C(=O)Nc2ccc(COCc3ccccc3)cc2)CCCC1. The largest absolute Gasteiger partial charge is 0.372 e. The number of carbonyl (C=O) groups is 1. The summed E-state index contributed by atoms with van der Waals surface area (Å²) in [5, 5.41) is 2.93. The van der Waals surface area contributed by atoms with Crippen LogP contribution in [0.15, 0.2) is 54.6 Å². The number of anilines is 1. The molecule has 0 aliphatic heterocycles. The molecule has 1 aliphatic rings. The fourth-order valence-electron chi connectivity index (χ4n) is 3.03. The molecule has 0 aromatic heterocycles. The van der Waals surface area contributed by atoms with Crippen molar-refractivity contribution in [1.29, 1.82) is 0 Å². The van der Waals surface area contributed by atoms with Crippen LogP contribution in [0.5, 0.6) is 0 Å². The summed E-state index contributed by atoms with van der Waals surface area (Å²) in [5.41, 5.74) is 8.49. The molecule has 2 aromatic rings. The topological polar surface area (TPSA) is 64.4 Å². The Bertz CT molecular complexity index is 668. The lowest BCUT2D eigenvalue weighted by molar-refractivity contribution is -0.121. The molecule has 3 N–H and O–H groups in total. The third kappa shape index (κ3) is 5.30. The molecule has 1 fully saturated rings. The molecule has 2 aromatic carbocycles. The summed E-state index contributed by atoms with van der Waals surface area (Å²) in [6.07, 6.45) is 3.59. The van der Waals surface area contributed by atoms with Gasteiger partial charge in [-0.3, -0.25) is 4.79 Å². The van der Waals surface area contributed by atoms with Gasteiger partial charge in [0.1, 0.15) is 0 Å². The number of nitrogens with one attached hydrogen (secondary N) is 1. The second-order valence-electron chi connectivity index (χ2n) is 6.49. The van der Waals surface area contributed by atoms with Crippen LogP contribution in [0.1, 0.15) is 36.8 Å². The Morgan fingerprint density at radius 2 is 1.52 bits per heavy atom. The molecule has 0 radical (unpaired) electrons. The van der Waals surface area contributed by atoms with Crippen molar-refractivity contribution in [2.24, 2.45) is 5.73 Å². The third-order valence-corrected chi connectivity index (χ3v) is 4.54. The lowest BCUT2D eigenvalue weighted by Gasteiger charge is -2.22. The number of halogens is 1. The lowest BCUT2D eigenvalue weighted by atomic mass is 9.98. The molecule has 0 unspecified atom stereocenters. The van der Waals surface area contributed by atoms with Gasteiger partial charge in [-0.05, 0) is 36.1 Å². The van der Waals surface area contributed by atoms with Gasteiger partial charge in [-0.1, -0.05) is 55.3 Å². The van der Waals surface area contributed by atoms with E-state index in [4.69, 9.17) is 10.5 Å². The number of hydrogen-bond acceptors (Lipinski definition) is 3. The van der Waals surface area contributed by atoms with Crippen LogP contribution < -0.4 is 11.1 Å². The summed E-state index contributed by atoms with van der Waals surface area (Å²) in [6.45, 7) is 1.14. The Balaban J connectivity index is 0.00000225. The maximum absolute atomic E-state index is 12.3. The smallest absolute Gasteiger partial charge is 0.244 e. The summed E-state index contributed by atoms with van der Waals surface area (Å²) in [6, 6.07) is 17.8. The molecule has 3 rings (SSSR count). The first-order valence-electron chi connectivity index (χ1n) is 8.47. The van der Waals surface area contributed by atoms with E-state index >= 15 is 0 Å². The van der Waals surface area contributed by atoms with Gasteiger partial charge in [-0.2, -0.15) is 0 Å². The zero-order chi connectivity index (χ0) is 16.8. The molecular weight excluding hydrogens is 336 g/mol. The van der Waals surface area contributed by atoms with Gasteiger partial charge in [0.2, 0.25) is 5.91 Å². The summed E-state index contributed by atoms with van der Waals surface area (Å²) in [5.74, 6) is -0.0759. The number of ether oxygens (including phenoxy) is 1. The normalized spacial score (nSPS) is 15.4. The molecule has 4 nitrogen and oxygen atoms in total. The van der Waals surface area contributed by atoms with E-state index in [0.29, 0.717) is 13.2 Å². The van der Waals surface area contributed by atoms with Crippen LogP contribution in [0, 0.1) is 0 Å². The maximum Gasteiger partial charge on any atom is 0.244 e. The van der Waals surface area contributed by atoms with Crippen LogP contribution in [0.25, 0.3) is 0 Å². The maximum atomic E-state index is 12.3. The van der Waals surface area contributed by atoms with Gasteiger partial charge in [0.15, 0.2) is 0 Å². The van der Waals surface area contributed by atoms with E-state index < -0.39 is 5.54 Å². The van der Waals surface area contributed by atoms with Crippen LogP contribution >= 0.6 is 12.4 Å². The van der Waals surface area contributed by atoms with E-state index in [0.717, 1.165) is 42.5 Å². The monoisotopic (exact) mass is 360 g/mol. The summed E-state index contributed by atoms with van der Waals surface area (Å²) < 4.78 is 5.72. The van der Waals surface area contributed by atoms with Gasteiger partial charge in [0.25, 0.3) is 0 Å². The lowest BCUT2D eigenvalue weighted by Crippen LogP contribution is -2.48. The summed E-state index contributed by atoms with van der Waals surface area (Å²) in [4.78, 5) is 12.3. The van der Waals surface area contributed by atoms with Gasteiger partial charge in [-0.25, -0.2) is 0 Å². The second-order valence-corrected chi connectivity index (χ2v) is 6.49. The highest BCUT2D eigenvalue weighted by Gasteiger charge is 2.36. The molecule has 0 bridgehead atoms. The molecule has 0 saturated heterocycles. The van der Waals surface area contributed by atoms with E-state index in [1.807, 2.05) is 54.6 Å². The van der Waals surface area contributed by atoms with Crippen molar-refractivity contribution < 1.29 is 9.53 Å². The Morgan fingerprint density at radius 3 is 2.12 bits per heavy atom. The number of rotatable bonds is 6. The summed E-state index contributed by atoms with van der Waals surface area (Å²) in [7, 11) is 0. The quantitative estimate of drug-likeness (QED) is 0.817. The predicted octanol–water partition coefficient (Wildman–Crippen LogP) is 4.04. The number of benzene rings is 2. The number of carbonyl (C=O) groups excluding carboxylic acids is 1. The molecule has 1 amide bonds.